The van der Waals surface area contributed by atoms with Crippen molar-refractivity contribution in [3.8, 4) is 0 Å². The van der Waals surface area contributed by atoms with E-state index in [1.807, 2.05) is 6.20 Å². The minimum Gasteiger partial charge on any atom is -0.384 e. The molecule has 0 aromatic carbocycles. The van der Waals surface area contributed by atoms with Crippen LogP contribution in [0.4, 0.5) is 5.69 Å². The number of hydrogen-bond acceptors (Lipinski definition) is 5. The summed E-state index contributed by atoms with van der Waals surface area (Å²) in [6.45, 7) is 7.60. The highest BCUT2D eigenvalue weighted by molar-refractivity contribution is 5.49. The molecular weight excluding hydrogens is 252 g/mol. The lowest BCUT2D eigenvalue weighted by Gasteiger charge is -2.34. The predicted molar refractivity (Wildman–Crippen MR) is 80.8 cm³/mol. The molecule has 2 rings (SSSR count). The van der Waals surface area contributed by atoms with Crippen molar-refractivity contribution in [2.24, 2.45) is 11.7 Å². The van der Waals surface area contributed by atoms with Crippen molar-refractivity contribution in [3.63, 3.8) is 0 Å². The van der Waals surface area contributed by atoms with Crippen LogP contribution < -0.4 is 10.6 Å². The molecule has 0 amide bonds. The Kier molecular flexibility index (Phi) is 5.31. The van der Waals surface area contributed by atoms with E-state index in [0.29, 0.717) is 18.4 Å². The maximum absolute atomic E-state index is 5.86. The molecule has 5 heteroatoms. The fourth-order valence-electron chi connectivity index (χ4n) is 2.69. The molecule has 0 spiro atoms. The van der Waals surface area contributed by atoms with E-state index in [2.05, 4.69) is 28.7 Å². The largest absolute Gasteiger partial charge is 0.384 e. The van der Waals surface area contributed by atoms with Gasteiger partial charge in [-0.3, -0.25) is 0 Å². The van der Waals surface area contributed by atoms with Crippen LogP contribution in [0.3, 0.4) is 0 Å². The summed E-state index contributed by atoms with van der Waals surface area (Å²) < 4.78 is 5.25. The van der Waals surface area contributed by atoms with Crippen LogP contribution in [-0.2, 0) is 11.3 Å². The number of anilines is 1. The van der Waals surface area contributed by atoms with E-state index in [4.69, 9.17) is 10.5 Å². The Balaban J connectivity index is 2.09. The van der Waals surface area contributed by atoms with Gasteiger partial charge in [-0.05, 0) is 18.8 Å². The highest BCUT2D eigenvalue weighted by Crippen LogP contribution is 2.26. The zero-order valence-electron chi connectivity index (χ0n) is 12.8. The second-order valence-corrected chi connectivity index (χ2v) is 5.80. The first kappa shape index (κ1) is 15.2. The summed E-state index contributed by atoms with van der Waals surface area (Å²) in [7, 11) is 1.78. The van der Waals surface area contributed by atoms with Crippen LogP contribution in [0.5, 0.6) is 0 Å². The molecule has 2 heterocycles. The van der Waals surface area contributed by atoms with Gasteiger partial charge in [0.05, 0.1) is 17.6 Å². The van der Waals surface area contributed by atoms with E-state index in [0.717, 1.165) is 49.7 Å². The van der Waals surface area contributed by atoms with Gasteiger partial charge >= 0.3 is 0 Å². The Morgan fingerprint density at radius 3 is 2.65 bits per heavy atom. The number of nitrogens with two attached hydrogens (primary N) is 1. The van der Waals surface area contributed by atoms with Gasteiger partial charge in [-0.25, -0.2) is 9.97 Å². The summed E-state index contributed by atoms with van der Waals surface area (Å²) >= 11 is 0. The van der Waals surface area contributed by atoms with Crippen molar-refractivity contribution in [1.82, 2.24) is 9.97 Å². The highest BCUT2D eigenvalue weighted by Gasteiger charge is 2.22. The van der Waals surface area contributed by atoms with Crippen LogP contribution in [0.15, 0.2) is 6.20 Å². The summed E-state index contributed by atoms with van der Waals surface area (Å²) in [5, 5.41) is 0. The molecule has 1 saturated heterocycles. The van der Waals surface area contributed by atoms with Gasteiger partial charge in [0.1, 0.15) is 5.82 Å². The van der Waals surface area contributed by atoms with Crippen molar-refractivity contribution in [2.75, 3.05) is 31.7 Å². The molecule has 0 bridgehead atoms. The first-order chi connectivity index (χ1) is 9.65. The molecule has 0 radical (unpaired) electrons. The molecule has 0 saturated carbocycles. The fraction of sp³-hybridized carbons (Fsp3) is 0.733. The van der Waals surface area contributed by atoms with Crippen molar-refractivity contribution in [3.05, 3.63) is 17.7 Å². The third-order valence-corrected chi connectivity index (χ3v) is 3.93. The molecule has 5 nitrogen and oxygen atoms in total. The van der Waals surface area contributed by atoms with Crippen LogP contribution in [-0.4, -0.2) is 36.8 Å². The van der Waals surface area contributed by atoms with Gasteiger partial charge in [0.15, 0.2) is 0 Å². The minimum absolute atomic E-state index is 0.335. The number of aromatic nitrogens is 2. The first-order valence-corrected chi connectivity index (χ1v) is 7.45. The molecule has 1 aliphatic rings. The maximum atomic E-state index is 5.86. The number of rotatable bonds is 5. The molecule has 0 unspecified atom stereocenters. The van der Waals surface area contributed by atoms with Crippen molar-refractivity contribution in [2.45, 2.75) is 39.2 Å². The van der Waals surface area contributed by atoms with Gasteiger partial charge in [0, 0.05) is 39.3 Å². The van der Waals surface area contributed by atoms with Crippen LogP contribution in [0.1, 0.15) is 44.1 Å². The molecule has 1 aromatic heterocycles. The monoisotopic (exact) mass is 278 g/mol. The molecular formula is C15H26N4O. The van der Waals surface area contributed by atoms with E-state index in [9.17, 15) is 0 Å². The van der Waals surface area contributed by atoms with Gasteiger partial charge in [-0.15, -0.1) is 0 Å². The SMILES string of the molecule is COCC1CCN(c2cnc(C(C)C)nc2CN)CC1. The van der Waals surface area contributed by atoms with Crippen molar-refractivity contribution >= 4 is 5.69 Å². The van der Waals surface area contributed by atoms with Crippen LogP contribution in [0.25, 0.3) is 0 Å². The van der Waals surface area contributed by atoms with Gasteiger partial charge in [-0.1, -0.05) is 13.8 Å². The summed E-state index contributed by atoms with van der Waals surface area (Å²) in [4.78, 5) is 11.5. The Labute approximate surface area is 121 Å². The lowest BCUT2D eigenvalue weighted by Crippen LogP contribution is -2.36. The second-order valence-electron chi connectivity index (χ2n) is 5.80. The molecule has 112 valence electrons. The van der Waals surface area contributed by atoms with Crippen molar-refractivity contribution in [1.29, 1.82) is 0 Å². The van der Waals surface area contributed by atoms with Gasteiger partial charge in [0.2, 0.25) is 0 Å². The Hall–Kier alpha value is -1.20. The summed E-state index contributed by atoms with van der Waals surface area (Å²) in [6, 6.07) is 0. The molecule has 0 atom stereocenters. The lowest BCUT2D eigenvalue weighted by molar-refractivity contribution is 0.139. The van der Waals surface area contributed by atoms with E-state index in [-0.39, 0.29) is 0 Å². The Bertz CT molecular complexity index is 428. The number of methoxy groups -OCH3 is 1. The third kappa shape index (κ3) is 3.46. The summed E-state index contributed by atoms with van der Waals surface area (Å²) in [5.74, 6) is 1.89. The van der Waals surface area contributed by atoms with E-state index in [1.165, 1.54) is 0 Å². The summed E-state index contributed by atoms with van der Waals surface area (Å²) in [5.41, 5.74) is 7.94. The standard InChI is InChI=1S/C15H26N4O/c1-11(2)15-17-9-14(13(8-16)18-15)19-6-4-12(5-7-19)10-20-3/h9,11-12H,4-8,10,16H2,1-3H3. The van der Waals surface area contributed by atoms with Gasteiger partial charge < -0.3 is 15.4 Å². The Morgan fingerprint density at radius 1 is 1.40 bits per heavy atom. The summed E-state index contributed by atoms with van der Waals surface area (Å²) in [6.07, 6.45) is 4.26. The van der Waals surface area contributed by atoms with Gasteiger partial charge in [0.25, 0.3) is 0 Å². The smallest absolute Gasteiger partial charge is 0.131 e. The number of nitrogens with zero attached hydrogens (tertiary/aromatic N) is 3. The van der Waals surface area contributed by atoms with Crippen LogP contribution in [0.2, 0.25) is 0 Å². The topological polar surface area (TPSA) is 64.3 Å². The first-order valence-electron chi connectivity index (χ1n) is 7.45. The fourth-order valence-corrected chi connectivity index (χ4v) is 2.69. The second kappa shape index (κ2) is 6.99. The molecule has 1 aromatic rings. The maximum Gasteiger partial charge on any atom is 0.131 e. The lowest BCUT2D eigenvalue weighted by atomic mass is 9.97. The third-order valence-electron chi connectivity index (χ3n) is 3.93. The highest BCUT2D eigenvalue weighted by atomic mass is 16.5. The number of hydrogen-bond donors (Lipinski definition) is 1. The van der Waals surface area contributed by atoms with Gasteiger partial charge in [-0.2, -0.15) is 0 Å². The van der Waals surface area contributed by atoms with Crippen LogP contribution in [0, 0.1) is 5.92 Å². The van der Waals surface area contributed by atoms with E-state index in [1.54, 1.807) is 7.11 Å². The molecule has 2 N–H and O–H groups in total. The molecule has 0 aliphatic carbocycles. The minimum atomic E-state index is 0.335. The van der Waals surface area contributed by atoms with E-state index < -0.39 is 0 Å². The molecule has 20 heavy (non-hydrogen) atoms. The zero-order valence-corrected chi connectivity index (χ0v) is 12.8. The normalized spacial score (nSPS) is 16.9. The number of ether oxygens (including phenoxy) is 1. The van der Waals surface area contributed by atoms with Crippen LogP contribution >= 0.6 is 0 Å². The average molecular weight is 278 g/mol. The molecule has 1 aliphatic heterocycles. The van der Waals surface area contributed by atoms with Crippen molar-refractivity contribution < 1.29 is 4.74 Å². The number of piperidine rings is 1. The predicted octanol–water partition coefficient (Wildman–Crippen LogP) is 1.92. The zero-order chi connectivity index (χ0) is 14.5. The Morgan fingerprint density at radius 2 is 2.10 bits per heavy atom. The van der Waals surface area contributed by atoms with E-state index >= 15 is 0 Å². The molecule has 1 fully saturated rings. The quantitative estimate of drug-likeness (QED) is 0.891. The average Bonchev–Trinajstić information content (AvgIpc) is 2.47.